The molecule has 0 unspecified atom stereocenters. The topological polar surface area (TPSA) is 43.8 Å². The van der Waals surface area contributed by atoms with Gasteiger partial charge in [-0.3, -0.25) is 0 Å². The molecule has 0 amide bonds. The summed E-state index contributed by atoms with van der Waals surface area (Å²) < 4.78 is 2.07. The van der Waals surface area contributed by atoms with Crippen LogP contribution in [0.3, 0.4) is 0 Å². The van der Waals surface area contributed by atoms with Crippen molar-refractivity contribution in [2.24, 2.45) is 12.8 Å². The molecule has 2 N–H and O–H groups in total. The Labute approximate surface area is 109 Å². The first-order valence-electron chi connectivity index (χ1n) is 6.26. The quantitative estimate of drug-likeness (QED) is 0.881. The van der Waals surface area contributed by atoms with Crippen molar-refractivity contribution in [2.45, 2.75) is 34.2 Å². The van der Waals surface area contributed by atoms with Crippen LogP contribution < -0.4 is 5.73 Å². The van der Waals surface area contributed by atoms with E-state index in [2.05, 4.69) is 42.5 Å². The van der Waals surface area contributed by atoms with Gasteiger partial charge in [-0.15, -0.1) is 0 Å². The second-order valence-corrected chi connectivity index (χ2v) is 4.97. The Kier molecular flexibility index (Phi) is 3.26. The standard InChI is InChI=1S/C15H21N3/c1-9-6-11(3)13(7-10(9)2)15-14(8-16)18(5)12(4)17-15/h6-7H,8,16H2,1-5H3. The highest BCUT2D eigenvalue weighted by Gasteiger charge is 2.15. The zero-order valence-corrected chi connectivity index (χ0v) is 11.8. The van der Waals surface area contributed by atoms with E-state index < -0.39 is 0 Å². The molecule has 0 bridgehead atoms. The molecule has 3 heteroatoms. The number of imidazole rings is 1. The summed E-state index contributed by atoms with van der Waals surface area (Å²) in [6, 6.07) is 4.43. The molecule has 18 heavy (non-hydrogen) atoms. The molecule has 2 rings (SSSR count). The predicted octanol–water partition coefficient (Wildman–Crippen LogP) is 2.78. The lowest BCUT2D eigenvalue weighted by atomic mass is 9.98. The van der Waals surface area contributed by atoms with E-state index >= 15 is 0 Å². The normalized spacial score (nSPS) is 11.0. The maximum atomic E-state index is 5.86. The number of nitrogens with two attached hydrogens (primary N) is 1. The van der Waals surface area contributed by atoms with Crippen molar-refractivity contribution in [3.8, 4) is 11.3 Å². The number of hydrogen-bond donors (Lipinski definition) is 1. The van der Waals surface area contributed by atoms with E-state index in [1.807, 2.05) is 14.0 Å². The van der Waals surface area contributed by atoms with E-state index in [0.717, 1.165) is 17.2 Å². The average Bonchev–Trinajstić information content (AvgIpc) is 2.60. The van der Waals surface area contributed by atoms with Crippen LogP contribution in [-0.4, -0.2) is 9.55 Å². The van der Waals surface area contributed by atoms with Crippen LogP contribution >= 0.6 is 0 Å². The SMILES string of the molecule is Cc1cc(C)c(-c2nc(C)n(C)c2CN)cc1C. The van der Waals surface area contributed by atoms with E-state index in [1.54, 1.807) is 0 Å². The van der Waals surface area contributed by atoms with Gasteiger partial charge in [-0.25, -0.2) is 4.98 Å². The highest BCUT2D eigenvalue weighted by molar-refractivity contribution is 5.68. The second kappa shape index (κ2) is 4.58. The Balaban J connectivity index is 2.69. The lowest BCUT2D eigenvalue weighted by Crippen LogP contribution is -2.06. The number of nitrogens with zero attached hydrogens (tertiary/aromatic N) is 2. The van der Waals surface area contributed by atoms with Gasteiger partial charge in [0.2, 0.25) is 0 Å². The molecule has 0 radical (unpaired) electrons. The number of hydrogen-bond acceptors (Lipinski definition) is 2. The zero-order chi connectivity index (χ0) is 13.4. The lowest BCUT2D eigenvalue weighted by molar-refractivity contribution is 0.789. The number of aromatic nitrogens is 2. The second-order valence-electron chi connectivity index (χ2n) is 4.97. The highest BCUT2D eigenvalue weighted by Crippen LogP contribution is 2.28. The third-order valence-electron chi connectivity index (χ3n) is 3.73. The van der Waals surface area contributed by atoms with Crippen LogP contribution in [0.15, 0.2) is 12.1 Å². The highest BCUT2D eigenvalue weighted by atomic mass is 15.1. The van der Waals surface area contributed by atoms with Gasteiger partial charge in [0.15, 0.2) is 0 Å². The molecule has 0 aliphatic carbocycles. The van der Waals surface area contributed by atoms with Crippen molar-refractivity contribution < 1.29 is 0 Å². The molecule has 0 atom stereocenters. The van der Waals surface area contributed by atoms with Gasteiger partial charge in [-0.2, -0.15) is 0 Å². The van der Waals surface area contributed by atoms with Crippen LogP contribution in [0.4, 0.5) is 0 Å². The fraction of sp³-hybridized carbons (Fsp3) is 0.400. The molecule has 1 heterocycles. The molecule has 3 nitrogen and oxygen atoms in total. The molecule has 1 aromatic heterocycles. The first kappa shape index (κ1) is 12.8. The van der Waals surface area contributed by atoms with E-state index in [9.17, 15) is 0 Å². The van der Waals surface area contributed by atoms with Gasteiger partial charge in [-0.1, -0.05) is 6.07 Å². The Morgan fingerprint density at radius 3 is 2.28 bits per heavy atom. The number of benzene rings is 1. The molecule has 0 spiro atoms. The molecule has 96 valence electrons. The summed E-state index contributed by atoms with van der Waals surface area (Å²) in [4.78, 5) is 4.67. The van der Waals surface area contributed by atoms with Crippen LogP contribution in [0, 0.1) is 27.7 Å². The maximum absolute atomic E-state index is 5.86. The number of rotatable bonds is 2. The van der Waals surface area contributed by atoms with Crippen molar-refractivity contribution >= 4 is 0 Å². The van der Waals surface area contributed by atoms with Crippen LogP contribution in [0.1, 0.15) is 28.2 Å². The molecule has 0 saturated carbocycles. The largest absolute Gasteiger partial charge is 0.334 e. The molecular weight excluding hydrogens is 222 g/mol. The van der Waals surface area contributed by atoms with Crippen LogP contribution in [0.2, 0.25) is 0 Å². The molecule has 0 aliphatic rings. The van der Waals surface area contributed by atoms with E-state index in [-0.39, 0.29) is 0 Å². The summed E-state index contributed by atoms with van der Waals surface area (Å²) in [5, 5.41) is 0. The van der Waals surface area contributed by atoms with Crippen molar-refractivity contribution in [1.82, 2.24) is 9.55 Å². The molecule has 1 aromatic carbocycles. The summed E-state index contributed by atoms with van der Waals surface area (Å²) in [5.74, 6) is 1.00. The monoisotopic (exact) mass is 243 g/mol. The smallest absolute Gasteiger partial charge is 0.106 e. The first-order valence-corrected chi connectivity index (χ1v) is 6.26. The van der Waals surface area contributed by atoms with Gasteiger partial charge in [0.05, 0.1) is 11.4 Å². The molecule has 0 saturated heterocycles. The summed E-state index contributed by atoms with van der Waals surface area (Å²) in [5.41, 5.74) is 13.0. The number of aryl methyl sites for hydroxylation is 4. The third-order valence-corrected chi connectivity index (χ3v) is 3.73. The summed E-state index contributed by atoms with van der Waals surface area (Å²) >= 11 is 0. The van der Waals surface area contributed by atoms with Crippen molar-refractivity contribution in [3.05, 3.63) is 40.3 Å². The Morgan fingerprint density at radius 2 is 1.67 bits per heavy atom. The summed E-state index contributed by atoms with van der Waals surface area (Å²) in [6.07, 6.45) is 0. The van der Waals surface area contributed by atoms with Gasteiger partial charge in [0, 0.05) is 19.2 Å². The van der Waals surface area contributed by atoms with Crippen molar-refractivity contribution in [2.75, 3.05) is 0 Å². The zero-order valence-electron chi connectivity index (χ0n) is 11.8. The van der Waals surface area contributed by atoms with Gasteiger partial charge in [0.1, 0.15) is 5.82 Å². The van der Waals surface area contributed by atoms with E-state index in [4.69, 9.17) is 5.73 Å². The average molecular weight is 243 g/mol. The van der Waals surface area contributed by atoms with Gasteiger partial charge in [-0.05, 0) is 50.5 Å². The Bertz CT molecular complexity index is 594. The fourth-order valence-electron chi connectivity index (χ4n) is 2.32. The third kappa shape index (κ3) is 1.95. The Morgan fingerprint density at radius 1 is 1.06 bits per heavy atom. The van der Waals surface area contributed by atoms with Crippen LogP contribution in [0.25, 0.3) is 11.3 Å². The minimum absolute atomic E-state index is 0.513. The van der Waals surface area contributed by atoms with Crippen LogP contribution in [-0.2, 0) is 13.6 Å². The molecule has 0 aliphatic heterocycles. The Hall–Kier alpha value is -1.61. The predicted molar refractivity (Wildman–Crippen MR) is 75.5 cm³/mol. The fourth-order valence-corrected chi connectivity index (χ4v) is 2.32. The van der Waals surface area contributed by atoms with Gasteiger partial charge < -0.3 is 10.3 Å². The van der Waals surface area contributed by atoms with E-state index in [1.165, 1.54) is 22.3 Å². The lowest BCUT2D eigenvalue weighted by Gasteiger charge is -2.10. The van der Waals surface area contributed by atoms with E-state index in [0.29, 0.717) is 6.54 Å². The van der Waals surface area contributed by atoms with Crippen LogP contribution in [0.5, 0.6) is 0 Å². The van der Waals surface area contributed by atoms with Crippen molar-refractivity contribution in [3.63, 3.8) is 0 Å². The molecule has 2 aromatic rings. The van der Waals surface area contributed by atoms with Gasteiger partial charge in [0.25, 0.3) is 0 Å². The summed E-state index contributed by atoms with van der Waals surface area (Å²) in [7, 11) is 2.02. The molecule has 0 fully saturated rings. The van der Waals surface area contributed by atoms with Crippen molar-refractivity contribution in [1.29, 1.82) is 0 Å². The summed E-state index contributed by atoms with van der Waals surface area (Å²) in [6.45, 7) is 8.93. The first-order chi connectivity index (χ1) is 8.45. The van der Waals surface area contributed by atoms with Gasteiger partial charge >= 0.3 is 0 Å². The minimum atomic E-state index is 0.513. The minimum Gasteiger partial charge on any atom is -0.334 e. The molecular formula is C15H21N3. The maximum Gasteiger partial charge on any atom is 0.106 e.